The van der Waals surface area contributed by atoms with Crippen LogP contribution >= 0.6 is 0 Å². The molecule has 0 saturated heterocycles. The van der Waals surface area contributed by atoms with Gasteiger partial charge in [-0.05, 0) is 57.8 Å². The van der Waals surface area contributed by atoms with Crippen LogP contribution in [-0.2, 0) is 0 Å². The Kier molecular flexibility index (Phi) is 7.09. The summed E-state index contributed by atoms with van der Waals surface area (Å²) in [5.41, 5.74) is 0.610. The van der Waals surface area contributed by atoms with E-state index in [0.717, 1.165) is 44.6 Å². The smallest absolute Gasteiger partial charge is 0.128 e. The maximum absolute atomic E-state index is 8.86. The Morgan fingerprint density at radius 1 is 1.21 bits per heavy atom. The van der Waals surface area contributed by atoms with Gasteiger partial charge in [0.15, 0.2) is 0 Å². The van der Waals surface area contributed by atoms with Gasteiger partial charge in [0.05, 0.1) is 12.1 Å². The topological polar surface area (TPSA) is 43.2 Å². The molecule has 1 aliphatic carbocycles. The predicted molar refractivity (Wildman–Crippen MR) is 98.7 cm³/mol. The molecule has 4 nitrogen and oxygen atoms in total. The number of nitrogens with zero attached hydrogens (tertiary/aromatic N) is 4. The van der Waals surface area contributed by atoms with Gasteiger partial charge < -0.3 is 4.90 Å². The minimum absolute atomic E-state index is 0.520. The van der Waals surface area contributed by atoms with E-state index < -0.39 is 0 Å². The molecule has 0 atom stereocenters. The second-order valence-corrected chi connectivity index (χ2v) is 6.69. The molecule has 128 valence electrons. The molecule has 1 heterocycles. The molecule has 1 saturated carbocycles. The summed E-state index contributed by atoms with van der Waals surface area (Å²) in [4.78, 5) is 8.93. The average Bonchev–Trinajstić information content (AvgIpc) is 2.62. The van der Waals surface area contributed by atoms with Gasteiger partial charge in [-0.3, -0.25) is 4.90 Å². The zero-order valence-corrected chi connectivity index (χ0v) is 15.1. The van der Waals surface area contributed by atoms with Crippen molar-refractivity contribution < 1.29 is 0 Å². The lowest BCUT2D eigenvalue weighted by atomic mass is 9.86. The van der Waals surface area contributed by atoms with E-state index in [-0.39, 0.29) is 0 Å². The van der Waals surface area contributed by atoms with Crippen LogP contribution in [0, 0.1) is 29.1 Å². The van der Waals surface area contributed by atoms with Gasteiger partial charge in [-0.2, -0.15) is 5.26 Å². The second-order valence-electron chi connectivity index (χ2n) is 6.69. The summed E-state index contributed by atoms with van der Waals surface area (Å²) in [6.07, 6.45) is 7.46. The Bertz CT molecular complexity index is 597. The Balaban J connectivity index is 1.81. The molecule has 0 N–H and O–H groups in total. The molecule has 0 aliphatic heterocycles. The van der Waals surface area contributed by atoms with Gasteiger partial charge in [-0.25, -0.2) is 4.98 Å². The number of aromatic nitrogens is 1. The van der Waals surface area contributed by atoms with Gasteiger partial charge >= 0.3 is 0 Å². The summed E-state index contributed by atoms with van der Waals surface area (Å²) in [5, 5.41) is 8.86. The molecular formula is C20H28N4. The normalized spacial score (nSPS) is 20.1. The van der Waals surface area contributed by atoms with Crippen molar-refractivity contribution in [2.45, 2.75) is 45.1 Å². The molecule has 24 heavy (non-hydrogen) atoms. The molecule has 1 fully saturated rings. The van der Waals surface area contributed by atoms with Gasteiger partial charge in [0.2, 0.25) is 0 Å². The van der Waals surface area contributed by atoms with Gasteiger partial charge in [0.25, 0.3) is 0 Å². The molecule has 0 unspecified atom stereocenters. The lowest BCUT2D eigenvalue weighted by molar-refractivity contribution is 0.368. The SMILES string of the molecule is CCCN(C)CC#CC1CCC(N(C)c2ccc(C#N)cn2)CC1. The molecule has 1 aromatic heterocycles. The number of rotatable bonds is 5. The summed E-state index contributed by atoms with van der Waals surface area (Å²) in [5.74, 6) is 8.30. The third kappa shape index (κ3) is 5.25. The number of hydrogen-bond donors (Lipinski definition) is 0. The standard InChI is InChI=1S/C20H28N4/c1-4-13-23(2)14-5-6-17-7-10-19(11-8-17)24(3)20-12-9-18(15-21)16-22-20/h9,12,16-17,19H,4,7-8,10-11,13-14H2,1-3H3. The third-order valence-electron chi connectivity index (χ3n) is 4.74. The Morgan fingerprint density at radius 3 is 2.54 bits per heavy atom. The fourth-order valence-corrected chi connectivity index (χ4v) is 3.24. The van der Waals surface area contributed by atoms with Crippen molar-refractivity contribution in [1.29, 1.82) is 5.26 Å². The van der Waals surface area contributed by atoms with Crippen LogP contribution in [0.5, 0.6) is 0 Å². The molecular weight excluding hydrogens is 296 g/mol. The van der Waals surface area contributed by atoms with Crippen molar-refractivity contribution in [3.63, 3.8) is 0 Å². The van der Waals surface area contributed by atoms with E-state index in [0.29, 0.717) is 17.5 Å². The number of anilines is 1. The molecule has 0 aromatic carbocycles. The van der Waals surface area contributed by atoms with Crippen molar-refractivity contribution in [3.05, 3.63) is 23.9 Å². The van der Waals surface area contributed by atoms with E-state index in [4.69, 9.17) is 5.26 Å². The Hall–Kier alpha value is -2.04. The molecule has 1 aliphatic rings. The zero-order chi connectivity index (χ0) is 17.4. The van der Waals surface area contributed by atoms with Crippen LogP contribution in [0.4, 0.5) is 5.82 Å². The maximum atomic E-state index is 8.86. The lowest BCUT2D eigenvalue weighted by Gasteiger charge is -2.34. The zero-order valence-electron chi connectivity index (χ0n) is 15.1. The highest BCUT2D eigenvalue weighted by Gasteiger charge is 2.23. The van der Waals surface area contributed by atoms with Crippen LogP contribution in [0.3, 0.4) is 0 Å². The van der Waals surface area contributed by atoms with Crippen molar-refractivity contribution in [2.24, 2.45) is 5.92 Å². The van der Waals surface area contributed by atoms with E-state index >= 15 is 0 Å². The third-order valence-corrected chi connectivity index (χ3v) is 4.74. The van der Waals surface area contributed by atoms with Crippen molar-refractivity contribution in [3.8, 4) is 17.9 Å². The molecule has 1 aromatic rings. The van der Waals surface area contributed by atoms with Crippen LogP contribution in [0.15, 0.2) is 18.3 Å². The highest BCUT2D eigenvalue weighted by molar-refractivity contribution is 5.42. The monoisotopic (exact) mass is 324 g/mol. The first-order chi connectivity index (χ1) is 11.6. The second kappa shape index (κ2) is 9.30. The van der Waals surface area contributed by atoms with Crippen LogP contribution in [0.2, 0.25) is 0 Å². The van der Waals surface area contributed by atoms with E-state index in [1.165, 1.54) is 6.42 Å². The number of nitriles is 1. The van der Waals surface area contributed by atoms with Crippen molar-refractivity contribution >= 4 is 5.82 Å². The summed E-state index contributed by atoms with van der Waals surface area (Å²) in [6.45, 7) is 4.19. The molecule has 0 radical (unpaired) electrons. The van der Waals surface area contributed by atoms with Crippen LogP contribution < -0.4 is 4.90 Å². The number of pyridine rings is 1. The lowest BCUT2D eigenvalue weighted by Crippen LogP contribution is -2.35. The highest BCUT2D eigenvalue weighted by Crippen LogP contribution is 2.28. The van der Waals surface area contributed by atoms with E-state index in [2.05, 4.69) is 53.7 Å². The minimum atomic E-state index is 0.520. The van der Waals surface area contributed by atoms with Crippen molar-refractivity contribution in [1.82, 2.24) is 9.88 Å². The van der Waals surface area contributed by atoms with Crippen LogP contribution in [0.25, 0.3) is 0 Å². The molecule has 0 spiro atoms. The first-order valence-electron chi connectivity index (χ1n) is 8.90. The first kappa shape index (κ1) is 18.3. The number of hydrogen-bond acceptors (Lipinski definition) is 4. The minimum Gasteiger partial charge on any atom is -0.357 e. The summed E-state index contributed by atoms with van der Waals surface area (Å²) < 4.78 is 0. The van der Waals surface area contributed by atoms with E-state index in [1.807, 2.05) is 12.1 Å². The van der Waals surface area contributed by atoms with Gasteiger partial charge in [0.1, 0.15) is 11.9 Å². The Labute approximate surface area is 146 Å². The summed E-state index contributed by atoms with van der Waals surface area (Å²) >= 11 is 0. The first-order valence-corrected chi connectivity index (χ1v) is 8.90. The quantitative estimate of drug-likeness (QED) is 0.780. The summed E-state index contributed by atoms with van der Waals surface area (Å²) in [7, 11) is 4.24. The predicted octanol–water partition coefficient (Wildman–Crippen LogP) is 3.29. The maximum Gasteiger partial charge on any atom is 0.128 e. The van der Waals surface area contributed by atoms with E-state index in [1.54, 1.807) is 6.20 Å². The van der Waals surface area contributed by atoms with Gasteiger partial charge in [0, 0.05) is 25.2 Å². The fourth-order valence-electron chi connectivity index (χ4n) is 3.24. The van der Waals surface area contributed by atoms with Gasteiger partial charge in [-0.15, -0.1) is 0 Å². The molecule has 2 rings (SSSR count). The molecule has 0 amide bonds. The van der Waals surface area contributed by atoms with Crippen LogP contribution in [-0.4, -0.2) is 43.1 Å². The highest BCUT2D eigenvalue weighted by atomic mass is 15.2. The largest absolute Gasteiger partial charge is 0.357 e. The summed E-state index contributed by atoms with van der Waals surface area (Å²) in [6, 6.07) is 6.41. The average molecular weight is 324 g/mol. The fraction of sp³-hybridized carbons (Fsp3) is 0.600. The molecule has 0 bridgehead atoms. The Morgan fingerprint density at radius 2 is 1.96 bits per heavy atom. The van der Waals surface area contributed by atoms with E-state index in [9.17, 15) is 0 Å². The molecule has 4 heteroatoms. The van der Waals surface area contributed by atoms with Gasteiger partial charge in [-0.1, -0.05) is 18.8 Å². The van der Waals surface area contributed by atoms with Crippen molar-refractivity contribution in [2.75, 3.05) is 32.1 Å². The van der Waals surface area contributed by atoms with Crippen LogP contribution in [0.1, 0.15) is 44.6 Å².